The van der Waals surface area contributed by atoms with Crippen molar-refractivity contribution >= 4 is 10.9 Å². The maximum atomic E-state index is 12.1. The van der Waals surface area contributed by atoms with Gasteiger partial charge in [-0.1, -0.05) is 36.4 Å². The van der Waals surface area contributed by atoms with Gasteiger partial charge in [0.25, 0.3) is 5.56 Å². The lowest BCUT2D eigenvalue weighted by atomic mass is 10.00. The van der Waals surface area contributed by atoms with E-state index in [2.05, 4.69) is 15.6 Å². The Bertz CT molecular complexity index is 849. The average Bonchev–Trinajstić information content (AvgIpc) is 2.47. The lowest BCUT2D eigenvalue weighted by Gasteiger charge is -2.22. The molecule has 1 aliphatic rings. The van der Waals surface area contributed by atoms with E-state index in [1.165, 1.54) is 5.56 Å². The Morgan fingerprint density at radius 2 is 1.79 bits per heavy atom. The smallest absolute Gasteiger partial charge is 0.281 e. The molecule has 3 aromatic rings. The Kier molecular flexibility index (Phi) is 2.09. The third-order valence-electron chi connectivity index (χ3n) is 3.75. The van der Waals surface area contributed by atoms with Crippen molar-refractivity contribution in [2.24, 2.45) is 0 Å². The van der Waals surface area contributed by atoms with Crippen molar-refractivity contribution in [2.45, 2.75) is 13.0 Å². The van der Waals surface area contributed by atoms with E-state index in [4.69, 9.17) is 0 Å². The molecule has 0 saturated heterocycles. The van der Waals surface area contributed by atoms with Gasteiger partial charge < -0.3 is 4.57 Å². The molecule has 0 radical (unpaired) electrons. The highest BCUT2D eigenvalue weighted by Crippen LogP contribution is 2.28. The molecule has 92 valence electrons. The molecule has 2 aromatic carbocycles. The summed E-state index contributed by atoms with van der Waals surface area (Å²) in [6.45, 7) is 0.875. The molecule has 3 nitrogen and oxygen atoms in total. The van der Waals surface area contributed by atoms with E-state index in [-0.39, 0.29) is 5.56 Å². The van der Waals surface area contributed by atoms with Crippen LogP contribution in [0.15, 0.2) is 53.3 Å². The minimum atomic E-state index is -0.140. The van der Waals surface area contributed by atoms with E-state index < -0.39 is 0 Å². The van der Waals surface area contributed by atoms with Crippen molar-refractivity contribution in [2.75, 3.05) is 0 Å². The van der Waals surface area contributed by atoms with E-state index in [0.29, 0.717) is 5.39 Å². The second-order valence-electron chi connectivity index (χ2n) is 4.82. The van der Waals surface area contributed by atoms with E-state index >= 15 is 0 Å². The number of aryl methyl sites for hydroxylation is 2. The van der Waals surface area contributed by atoms with Gasteiger partial charge in [0, 0.05) is 12.1 Å². The predicted molar refractivity (Wildman–Crippen MR) is 75.1 cm³/mol. The molecule has 0 bridgehead atoms. The van der Waals surface area contributed by atoms with Crippen LogP contribution in [0.2, 0.25) is 0 Å². The van der Waals surface area contributed by atoms with Crippen molar-refractivity contribution < 1.29 is 0 Å². The van der Waals surface area contributed by atoms with Crippen molar-refractivity contribution in [3.8, 4) is 11.4 Å². The van der Waals surface area contributed by atoms with E-state index in [0.717, 1.165) is 29.9 Å². The van der Waals surface area contributed by atoms with Crippen LogP contribution in [0.4, 0.5) is 0 Å². The molecule has 0 spiro atoms. The highest BCUT2D eigenvalue weighted by Gasteiger charge is 2.18. The van der Waals surface area contributed by atoms with E-state index in [1.807, 2.05) is 42.5 Å². The zero-order chi connectivity index (χ0) is 12.8. The van der Waals surface area contributed by atoms with Crippen LogP contribution in [-0.2, 0) is 13.0 Å². The van der Waals surface area contributed by atoms with E-state index in [1.54, 1.807) is 0 Å². The molecular formula is C16H12N2O. The molecule has 0 amide bonds. The van der Waals surface area contributed by atoms with Crippen LogP contribution in [0.25, 0.3) is 22.3 Å². The van der Waals surface area contributed by atoms with Gasteiger partial charge in [0.1, 0.15) is 5.82 Å². The molecule has 1 aromatic heterocycles. The molecule has 0 fully saturated rings. The molecule has 0 unspecified atom stereocenters. The SMILES string of the molecule is O=c1nc2n(c3ccccc13)CCc1ccccc1-2. The molecule has 0 saturated carbocycles. The number of aromatic nitrogens is 2. The summed E-state index contributed by atoms with van der Waals surface area (Å²) in [5.74, 6) is 0.797. The van der Waals surface area contributed by atoms with Crippen LogP contribution < -0.4 is 5.56 Å². The summed E-state index contributed by atoms with van der Waals surface area (Å²) in [6, 6.07) is 15.9. The largest absolute Gasteiger partial charge is 0.325 e. The van der Waals surface area contributed by atoms with Gasteiger partial charge in [0.05, 0.1) is 10.9 Å². The molecule has 19 heavy (non-hydrogen) atoms. The summed E-state index contributed by atoms with van der Waals surface area (Å²) in [7, 11) is 0. The third-order valence-corrected chi connectivity index (χ3v) is 3.75. The normalized spacial score (nSPS) is 13.1. The Hall–Kier alpha value is -2.42. The summed E-state index contributed by atoms with van der Waals surface area (Å²) in [4.78, 5) is 16.4. The first-order valence-corrected chi connectivity index (χ1v) is 6.42. The highest BCUT2D eigenvalue weighted by atomic mass is 16.1. The molecule has 0 aliphatic carbocycles. The summed E-state index contributed by atoms with van der Waals surface area (Å²) in [6.07, 6.45) is 0.984. The zero-order valence-electron chi connectivity index (χ0n) is 10.3. The van der Waals surface area contributed by atoms with Crippen molar-refractivity contribution in [3.05, 3.63) is 64.4 Å². The number of benzene rings is 2. The van der Waals surface area contributed by atoms with Crippen LogP contribution in [0, 0.1) is 0 Å². The van der Waals surface area contributed by atoms with Gasteiger partial charge in [0.2, 0.25) is 0 Å². The fourth-order valence-corrected chi connectivity index (χ4v) is 2.84. The summed E-state index contributed by atoms with van der Waals surface area (Å²) >= 11 is 0. The van der Waals surface area contributed by atoms with Gasteiger partial charge in [0.15, 0.2) is 0 Å². The average molecular weight is 248 g/mol. The monoisotopic (exact) mass is 248 g/mol. The maximum absolute atomic E-state index is 12.1. The number of hydrogen-bond donors (Lipinski definition) is 0. The van der Waals surface area contributed by atoms with Crippen LogP contribution in [-0.4, -0.2) is 9.55 Å². The fourth-order valence-electron chi connectivity index (χ4n) is 2.84. The van der Waals surface area contributed by atoms with Crippen LogP contribution in [0.1, 0.15) is 5.56 Å². The second-order valence-corrected chi connectivity index (χ2v) is 4.82. The van der Waals surface area contributed by atoms with Gasteiger partial charge in [-0.05, 0) is 24.1 Å². The molecule has 0 atom stereocenters. The lowest BCUT2D eigenvalue weighted by molar-refractivity contribution is 0.688. The first kappa shape index (κ1) is 10.5. The molecular weight excluding hydrogens is 236 g/mol. The Morgan fingerprint density at radius 3 is 2.74 bits per heavy atom. The molecule has 4 rings (SSSR count). The number of rotatable bonds is 0. The quantitative estimate of drug-likeness (QED) is 0.613. The van der Waals surface area contributed by atoms with E-state index in [9.17, 15) is 4.79 Å². The Balaban J connectivity index is 2.16. The molecule has 3 heteroatoms. The summed E-state index contributed by atoms with van der Waals surface area (Å²) < 4.78 is 2.15. The third kappa shape index (κ3) is 1.45. The Labute approximate surface area is 110 Å². The van der Waals surface area contributed by atoms with Gasteiger partial charge in [-0.3, -0.25) is 4.79 Å². The topological polar surface area (TPSA) is 34.9 Å². The van der Waals surface area contributed by atoms with Gasteiger partial charge in [-0.2, -0.15) is 4.98 Å². The summed E-state index contributed by atoms with van der Waals surface area (Å²) in [5, 5.41) is 0.700. The van der Waals surface area contributed by atoms with Crippen molar-refractivity contribution in [3.63, 3.8) is 0 Å². The van der Waals surface area contributed by atoms with Crippen LogP contribution >= 0.6 is 0 Å². The van der Waals surface area contributed by atoms with Crippen molar-refractivity contribution in [1.29, 1.82) is 0 Å². The number of para-hydroxylation sites is 1. The zero-order valence-corrected chi connectivity index (χ0v) is 10.3. The summed E-state index contributed by atoms with van der Waals surface area (Å²) in [5.41, 5.74) is 3.19. The van der Waals surface area contributed by atoms with Gasteiger partial charge in [-0.15, -0.1) is 0 Å². The first-order valence-electron chi connectivity index (χ1n) is 6.42. The number of nitrogens with zero attached hydrogens (tertiary/aromatic N) is 2. The standard InChI is InChI=1S/C16H12N2O/c19-16-13-7-3-4-8-14(13)18-10-9-11-5-1-2-6-12(11)15(18)17-16/h1-8H,9-10H2. The molecule has 2 heterocycles. The fraction of sp³-hybridized carbons (Fsp3) is 0.125. The second kappa shape index (κ2) is 3.79. The number of fused-ring (bicyclic) bond motifs is 5. The van der Waals surface area contributed by atoms with Crippen LogP contribution in [0.5, 0.6) is 0 Å². The Morgan fingerprint density at radius 1 is 1.00 bits per heavy atom. The number of hydrogen-bond acceptors (Lipinski definition) is 2. The van der Waals surface area contributed by atoms with Gasteiger partial charge >= 0.3 is 0 Å². The van der Waals surface area contributed by atoms with Crippen LogP contribution in [0.3, 0.4) is 0 Å². The minimum Gasteiger partial charge on any atom is -0.325 e. The lowest BCUT2D eigenvalue weighted by Crippen LogP contribution is -2.21. The highest BCUT2D eigenvalue weighted by molar-refractivity contribution is 5.81. The maximum Gasteiger partial charge on any atom is 0.281 e. The van der Waals surface area contributed by atoms with Gasteiger partial charge in [-0.25, -0.2) is 0 Å². The molecule has 1 aliphatic heterocycles. The minimum absolute atomic E-state index is 0.140. The molecule has 0 N–H and O–H groups in total. The first-order chi connectivity index (χ1) is 9.34. The predicted octanol–water partition coefficient (Wildman–Crippen LogP) is 2.62. The van der Waals surface area contributed by atoms with Crippen molar-refractivity contribution in [1.82, 2.24) is 9.55 Å².